The molecule has 1 N–H and O–H groups in total. The van der Waals surface area contributed by atoms with Crippen molar-refractivity contribution in [1.82, 2.24) is 19.6 Å². The van der Waals surface area contributed by atoms with Crippen molar-refractivity contribution in [3.05, 3.63) is 71.7 Å². The second-order valence-electron chi connectivity index (χ2n) is 9.80. The van der Waals surface area contributed by atoms with Crippen LogP contribution in [0.25, 0.3) is 5.69 Å². The highest BCUT2D eigenvalue weighted by molar-refractivity contribution is 5.43. The number of aliphatic hydroxyl groups excluding tert-OH is 1. The summed E-state index contributed by atoms with van der Waals surface area (Å²) in [5, 5.41) is 15.7. The lowest BCUT2D eigenvalue weighted by atomic mass is 10.1. The molecule has 0 amide bonds. The first-order valence-corrected chi connectivity index (χ1v) is 12.7. The van der Waals surface area contributed by atoms with Crippen LogP contribution in [0.1, 0.15) is 25.1 Å². The Morgan fingerprint density at radius 3 is 2.44 bits per heavy atom. The number of ether oxygens (including phenoxy) is 2. The van der Waals surface area contributed by atoms with E-state index < -0.39 is 11.9 Å². The first-order valence-electron chi connectivity index (χ1n) is 12.7. The fourth-order valence-corrected chi connectivity index (χ4v) is 4.58. The number of benzene rings is 2. The van der Waals surface area contributed by atoms with Crippen molar-refractivity contribution in [2.75, 3.05) is 45.9 Å². The third-order valence-electron chi connectivity index (χ3n) is 6.23. The van der Waals surface area contributed by atoms with E-state index >= 15 is 0 Å². The molecular formula is C28H37FN4O3. The average Bonchev–Trinajstić information content (AvgIpc) is 3.16. The first kappa shape index (κ1) is 26.3. The van der Waals surface area contributed by atoms with Crippen LogP contribution in [-0.4, -0.2) is 76.7 Å². The van der Waals surface area contributed by atoms with Crippen LogP contribution in [0.2, 0.25) is 0 Å². The Morgan fingerprint density at radius 1 is 1.06 bits per heavy atom. The minimum atomic E-state index is -0.498. The average molecular weight is 497 g/mol. The van der Waals surface area contributed by atoms with Crippen molar-refractivity contribution in [2.24, 2.45) is 5.92 Å². The summed E-state index contributed by atoms with van der Waals surface area (Å²) in [4.78, 5) is 4.48. The molecule has 1 aliphatic rings. The van der Waals surface area contributed by atoms with Crippen LogP contribution in [0.3, 0.4) is 0 Å². The first-order chi connectivity index (χ1) is 17.4. The summed E-state index contributed by atoms with van der Waals surface area (Å²) in [6.07, 6.45) is -0.498. The van der Waals surface area contributed by atoms with Gasteiger partial charge in [-0.2, -0.15) is 5.10 Å². The molecule has 0 bridgehead atoms. The van der Waals surface area contributed by atoms with Crippen molar-refractivity contribution in [2.45, 2.75) is 33.4 Å². The third kappa shape index (κ3) is 6.91. The number of halogens is 1. The van der Waals surface area contributed by atoms with E-state index in [2.05, 4.69) is 23.6 Å². The van der Waals surface area contributed by atoms with E-state index in [4.69, 9.17) is 14.6 Å². The Balaban J connectivity index is 1.62. The summed E-state index contributed by atoms with van der Waals surface area (Å²) in [5.41, 5.74) is 2.52. The van der Waals surface area contributed by atoms with Crippen molar-refractivity contribution >= 4 is 0 Å². The number of hydrogen-bond donors (Lipinski definition) is 1. The summed E-state index contributed by atoms with van der Waals surface area (Å²) in [6.45, 7) is 11.8. The van der Waals surface area contributed by atoms with Crippen LogP contribution in [0.15, 0.2) is 54.6 Å². The molecule has 0 spiro atoms. The molecule has 3 aromatic rings. The third-order valence-corrected chi connectivity index (χ3v) is 6.23. The molecule has 1 aliphatic heterocycles. The van der Waals surface area contributed by atoms with Crippen molar-refractivity contribution < 1.29 is 19.0 Å². The maximum absolute atomic E-state index is 14.6. The van der Waals surface area contributed by atoms with E-state index in [1.54, 1.807) is 22.9 Å². The predicted octanol–water partition coefficient (Wildman–Crippen LogP) is 4.26. The van der Waals surface area contributed by atoms with Gasteiger partial charge in [0.15, 0.2) is 11.6 Å². The van der Waals surface area contributed by atoms with Gasteiger partial charge in [0, 0.05) is 39.3 Å². The number of para-hydroxylation sites is 2. The second-order valence-corrected chi connectivity index (χ2v) is 9.80. The van der Waals surface area contributed by atoms with Crippen molar-refractivity contribution in [3.8, 4) is 17.3 Å². The standard InChI is InChI=1S/C28H37FN4O3/c1-21(2)17-32(19-24(34)18-31-13-15-35-16-14-31)20-25-22(3)30-33(23-9-5-4-6-10-23)28(25)36-27-12-8-7-11-26(27)29/h4-12,21,24,34H,13-20H2,1-3H3/t24-/m0/s1. The van der Waals surface area contributed by atoms with Crippen molar-refractivity contribution in [3.63, 3.8) is 0 Å². The smallest absolute Gasteiger partial charge is 0.227 e. The molecule has 1 saturated heterocycles. The number of β-amino-alcohol motifs (C(OH)–C–C–N with tert-alkyl or cyclic N) is 1. The summed E-state index contributed by atoms with van der Waals surface area (Å²) >= 11 is 0. The van der Waals surface area contributed by atoms with Gasteiger partial charge < -0.3 is 14.6 Å². The number of morpholine rings is 1. The van der Waals surface area contributed by atoms with Gasteiger partial charge in [-0.25, -0.2) is 9.07 Å². The van der Waals surface area contributed by atoms with E-state index in [1.165, 1.54) is 6.07 Å². The number of rotatable bonds is 11. The minimum Gasteiger partial charge on any atom is -0.435 e. The predicted molar refractivity (Wildman–Crippen MR) is 138 cm³/mol. The maximum Gasteiger partial charge on any atom is 0.227 e. The Kier molecular flexibility index (Phi) is 9.09. The molecule has 0 radical (unpaired) electrons. The highest BCUT2D eigenvalue weighted by atomic mass is 19.1. The second kappa shape index (κ2) is 12.5. The highest BCUT2D eigenvalue weighted by Crippen LogP contribution is 2.33. The molecule has 0 unspecified atom stereocenters. The van der Waals surface area contributed by atoms with Crippen LogP contribution in [0, 0.1) is 18.7 Å². The monoisotopic (exact) mass is 496 g/mol. The van der Waals surface area contributed by atoms with E-state index in [1.807, 2.05) is 37.3 Å². The van der Waals surface area contributed by atoms with Crippen LogP contribution in [-0.2, 0) is 11.3 Å². The SMILES string of the molecule is Cc1nn(-c2ccccc2)c(Oc2ccccc2F)c1CN(CC(C)C)C[C@@H](O)CN1CCOCC1. The molecule has 7 nitrogen and oxygen atoms in total. The molecule has 1 aromatic heterocycles. The lowest BCUT2D eigenvalue weighted by Gasteiger charge is -2.31. The number of aryl methyl sites for hydroxylation is 1. The van der Waals surface area contributed by atoms with Crippen molar-refractivity contribution in [1.29, 1.82) is 0 Å². The topological polar surface area (TPSA) is 63.0 Å². The molecule has 4 rings (SSSR count). The fourth-order valence-electron chi connectivity index (χ4n) is 4.58. The highest BCUT2D eigenvalue weighted by Gasteiger charge is 2.24. The Labute approximate surface area is 213 Å². The molecule has 194 valence electrons. The van der Waals surface area contributed by atoms with Gasteiger partial charge in [0.05, 0.1) is 36.3 Å². The summed E-state index contributed by atoms with van der Waals surface area (Å²) < 4.78 is 27.9. The van der Waals surface area contributed by atoms with Gasteiger partial charge in [-0.3, -0.25) is 9.80 Å². The number of hydrogen-bond acceptors (Lipinski definition) is 6. The van der Waals surface area contributed by atoms with Crippen LogP contribution < -0.4 is 4.74 Å². The van der Waals surface area contributed by atoms with Crippen LogP contribution in [0.5, 0.6) is 11.6 Å². The van der Waals surface area contributed by atoms with Gasteiger partial charge in [-0.05, 0) is 37.1 Å². The lowest BCUT2D eigenvalue weighted by Crippen LogP contribution is -2.45. The van der Waals surface area contributed by atoms with Gasteiger partial charge in [0.2, 0.25) is 5.88 Å². The molecule has 2 heterocycles. The van der Waals surface area contributed by atoms with E-state index in [9.17, 15) is 9.50 Å². The summed E-state index contributed by atoms with van der Waals surface area (Å²) in [6, 6.07) is 16.1. The summed E-state index contributed by atoms with van der Waals surface area (Å²) in [7, 11) is 0. The quantitative estimate of drug-likeness (QED) is 0.428. The zero-order valence-electron chi connectivity index (χ0n) is 21.4. The van der Waals surface area contributed by atoms with Crippen LogP contribution in [0.4, 0.5) is 4.39 Å². The number of aromatic nitrogens is 2. The van der Waals surface area contributed by atoms with Gasteiger partial charge in [-0.1, -0.05) is 44.2 Å². The molecule has 1 atom stereocenters. The van der Waals surface area contributed by atoms with E-state index in [0.717, 1.165) is 36.6 Å². The maximum atomic E-state index is 14.6. The van der Waals surface area contributed by atoms with E-state index in [0.29, 0.717) is 44.6 Å². The van der Waals surface area contributed by atoms with Gasteiger partial charge in [0.1, 0.15) is 0 Å². The molecular weight excluding hydrogens is 459 g/mol. The lowest BCUT2D eigenvalue weighted by molar-refractivity contribution is 0.00533. The Morgan fingerprint density at radius 2 is 1.75 bits per heavy atom. The fraction of sp³-hybridized carbons (Fsp3) is 0.464. The normalized spacial score (nSPS) is 15.5. The van der Waals surface area contributed by atoms with Gasteiger partial charge in [-0.15, -0.1) is 0 Å². The molecule has 36 heavy (non-hydrogen) atoms. The summed E-state index contributed by atoms with van der Waals surface area (Å²) in [5.74, 6) is 0.613. The minimum absolute atomic E-state index is 0.151. The Bertz CT molecular complexity index is 1100. The molecule has 0 aliphatic carbocycles. The van der Waals surface area contributed by atoms with E-state index in [-0.39, 0.29) is 5.75 Å². The van der Waals surface area contributed by atoms with Gasteiger partial charge in [0.25, 0.3) is 0 Å². The molecule has 1 fully saturated rings. The number of aliphatic hydroxyl groups is 1. The molecule has 0 saturated carbocycles. The number of nitrogens with zero attached hydrogens (tertiary/aromatic N) is 4. The zero-order chi connectivity index (χ0) is 25.5. The molecule has 8 heteroatoms. The largest absolute Gasteiger partial charge is 0.435 e. The van der Waals surface area contributed by atoms with Gasteiger partial charge >= 0.3 is 0 Å². The zero-order valence-corrected chi connectivity index (χ0v) is 21.4. The van der Waals surface area contributed by atoms with Crippen LogP contribution >= 0.6 is 0 Å². The molecule has 2 aromatic carbocycles. The Hall–Kier alpha value is -2.78.